The molecule has 1 aromatic carbocycles. The Kier molecular flexibility index (Phi) is 4.14. The second-order valence-electron chi connectivity index (χ2n) is 3.52. The van der Waals surface area contributed by atoms with Crippen LogP contribution in [-0.2, 0) is 10.0 Å². The van der Waals surface area contributed by atoms with Crippen LogP contribution < -0.4 is 15.8 Å². The van der Waals surface area contributed by atoms with Crippen LogP contribution in [0.4, 0.5) is 11.4 Å². The van der Waals surface area contributed by atoms with E-state index in [2.05, 4.69) is 10.0 Å². The zero-order valence-corrected chi connectivity index (χ0v) is 10.3. The van der Waals surface area contributed by atoms with Crippen LogP contribution in [-0.4, -0.2) is 27.8 Å². The van der Waals surface area contributed by atoms with Gasteiger partial charge in [0.1, 0.15) is 0 Å². The average Bonchev–Trinajstić information content (AvgIpc) is 2.23. The molecule has 0 saturated heterocycles. The first-order valence-corrected chi connectivity index (χ1v) is 6.61. The lowest BCUT2D eigenvalue weighted by molar-refractivity contribution is 0.588. The van der Waals surface area contributed by atoms with Crippen molar-refractivity contribution in [3.8, 4) is 0 Å². The van der Waals surface area contributed by atoms with Gasteiger partial charge >= 0.3 is 0 Å². The largest absolute Gasteiger partial charge is 0.398 e. The second kappa shape index (κ2) is 5.18. The Hall–Kier alpha value is -1.27. The minimum absolute atomic E-state index is 0.0390. The summed E-state index contributed by atoms with van der Waals surface area (Å²) in [6.45, 7) is 2.27. The van der Waals surface area contributed by atoms with E-state index in [4.69, 9.17) is 5.73 Å². The van der Waals surface area contributed by atoms with Crippen LogP contribution in [0.2, 0.25) is 0 Å². The van der Waals surface area contributed by atoms with E-state index in [0.29, 0.717) is 12.2 Å². The summed E-state index contributed by atoms with van der Waals surface area (Å²) in [6.07, 6.45) is 0. The number of anilines is 2. The maximum atomic E-state index is 11.1. The third-order valence-electron chi connectivity index (χ3n) is 2.29. The minimum Gasteiger partial charge on any atom is -0.398 e. The van der Waals surface area contributed by atoms with Crippen molar-refractivity contribution in [2.24, 2.45) is 0 Å². The first kappa shape index (κ1) is 12.8. The van der Waals surface area contributed by atoms with Crippen molar-refractivity contribution in [2.75, 3.05) is 30.4 Å². The zero-order chi connectivity index (χ0) is 12.2. The first-order chi connectivity index (χ1) is 7.44. The summed E-state index contributed by atoms with van der Waals surface area (Å²) in [7, 11) is -1.75. The molecule has 16 heavy (non-hydrogen) atoms. The molecule has 0 fully saturated rings. The molecule has 0 amide bonds. The smallest absolute Gasteiger partial charge is 0.213 e. The third-order valence-corrected chi connectivity index (χ3v) is 3.65. The molecule has 0 atom stereocenters. The summed E-state index contributed by atoms with van der Waals surface area (Å²) in [6, 6.07) is 5.56. The normalized spacial score (nSPS) is 11.4. The number of benzene rings is 1. The van der Waals surface area contributed by atoms with E-state index < -0.39 is 10.0 Å². The summed E-state index contributed by atoms with van der Waals surface area (Å²) >= 11 is 0. The number of hydrogen-bond acceptors (Lipinski definition) is 4. The van der Waals surface area contributed by atoms with E-state index in [1.807, 2.05) is 19.1 Å². The van der Waals surface area contributed by atoms with E-state index in [1.54, 1.807) is 6.07 Å². The Morgan fingerprint density at radius 1 is 1.38 bits per heavy atom. The van der Waals surface area contributed by atoms with Gasteiger partial charge in [-0.05, 0) is 31.7 Å². The SMILES string of the molecule is CNS(=O)(=O)CCNc1ccc(C)c(N)c1. The van der Waals surface area contributed by atoms with Gasteiger partial charge < -0.3 is 11.1 Å². The van der Waals surface area contributed by atoms with Gasteiger partial charge in [0.2, 0.25) is 10.0 Å². The van der Waals surface area contributed by atoms with Gasteiger partial charge in [-0.15, -0.1) is 0 Å². The number of nitrogen functional groups attached to an aromatic ring is 1. The van der Waals surface area contributed by atoms with Crippen LogP contribution in [0.25, 0.3) is 0 Å². The monoisotopic (exact) mass is 243 g/mol. The summed E-state index contributed by atoms with van der Waals surface area (Å²) in [5, 5.41) is 3.00. The Labute approximate surface area is 96.1 Å². The second-order valence-corrected chi connectivity index (χ2v) is 5.57. The lowest BCUT2D eigenvalue weighted by atomic mass is 10.2. The minimum atomic E-state index is -3.15. The zero-order valence-electron chi connectivity index (χ0n) is 9.45. The molecule has 6 heteroatoms. The Morgan fingerprint density at radius 3 is 2.62 bits per heavy atom. The van der Waals surface area contributed by atoms with Crippen LogP contribution >= 0.6 is 0 Å². The van der Waals surface area contributed by atoms with Crippen molar-refractivity contribution in [3.05, 3.63) is 23.8 Å². The molecule has 0 bridgehead atoms. The Bertz CT molecular complexity index is 457. The van der Waals surface area contributed by atoms with E-state index in [-0.39, 0.29) is 5.75 Å². The average molecular weight is 243 g/mol. The van der Waals surface area contributed by atoms with Gasteiger partial charge in [-0.2, -0.15) is 0 Å². The number of nitrogens with one attached hydrogen (secondary N) is 2. The molecule has 0 saturated carbocycles. The van der Waals surface area contributed by atoms with Crippen molar-refractivity contribution in [1.29, 1.82) is 0 Å². The molecule has 0 aliphatic heterocycles. The quantitative estimate of drug-likeness (QED) is 0.659. The highest BCUT2D eigenvalue weighted by Gasteiger charge is 2.05. The number of sulfonamides is 1. The fourth-order valence-corrected chi connectivity index (χ4v) is 1.76. The molecule has 0 aliphatic rings. The lowest BCUT2D eigenvalue weighted by Crippen LogP contribution is -2.26. The molecule has 0 unspecified atom stereocenters. The Morgan fingerprint density at radius 2 is 2.06 bits per heavy atom. The van der Waals surface area contributed by atoms with Crippen LogP contribution in [0, 0.1) is 6.92 Å². The standard InChI is InChI=1S/C10H17N3O2S/c1-8-3-4-9(7-10(8)11)13-5-6-16(14,15)12-2/h3-4,7,12-13H,5-6,11H2,1-2H3. The highest BCUT2D eigenvalue weighted by molar-refractivity contribution is 7.89. The fourth-order valence-electron chi connectivity index (χ4n) is 1.18. The molecule has 5 nitrogen and oxygen atoms in total. The molecule has 0 spiro atoms. The van der Waals surface area contributed by atoms with Gasteiger partial charge in [0.25, 0.3) is 0 Å². The van der Waals surface area contributed by atoms with Gasteiger partial charge in [-0.3, -0.25) is 0 Å². The third kappa shape index (κ3) is 3.71. The molecule has 90 valence electrons. The van der Waals surface area contributed by atoms with Crippen molar-refractivity contribution < 1.29 is 8.42 Å². The van der Waals surface area contributed by atoms with Crippen LogP contribution in [0.1, 0.15) is 5.56 Å². The number of hydrogen-bond donors (Lipinski definition) is 3. The maximum absolute atomic E-state index is 11.1. The van der Waals surface area contributed by atoms with Crippen molar-refractivity contribution in [1.82, 2.24) is 4.72 Å². The van der Waals surface area contributed by atoms with Gasteiger partial charge in [-0.1, -0.05) is 6.07 Å². The molecule has 0 heterocycles. The number of aryl methyl sites for hydroxylation is 1. The van der Waals surface area contributed by atoms with Crippen molar-refractivity contribution in [2.45, 2.75) is 6.92 Å². The summed E-state index contributed by atoms with van der Waals surface area (Å²) in [5.74, 6) is 0.0390. The first-order valence-electron chi connectivity index (χ1n) is 4.96. The molecule has 0 aliphatic carbocycles. The summed E-state index contributed by atoms with van der Waals surface area (Å²) < 4.78 is 24.5. The topological polar surface area (TPSA) is 84.2 Å². The molecule has 1 aromatic rings. The molecular formula is C10H17N3O2S. The molecule has 0 radical (unpaired) electrons. The van der Waals surface area contributed by atoms with E-state index in [1.165, 1.54) is 7.05 Å². The highest BCUT2D eigenvalue weighted by Crippen LogP contribution is 2.16. The van der Waals surface area contributed by atoms with E-state index >= 15 is 0 Å². The van der Waals surface area contributed by atoms with Crippen molar-refractivity contribution >= 4 is 21.4 Å². The van der Waals surface area contributed by atoms with Crippen LogP contribution in [0.3, 0.4) is 0 Å². The highest BCUT2D eigenvalue weighted by atomic mass is 32.2. The lowest BCUT2D eigenvalue weighted by Gasteiger charge is -2.08. The van der Waals surface area contributed by atoms with Crippen LogP contribution in [0.5, 0.6) is 0 Å². The fraction of sp³-hybridized carbons (Fsp3) is 0.400. The number of nitrogens with two attached hydrogens (primary N) is 1. The van der Waals surface area contributed by atoms with Gasteiger partial charge in [0.15, 0.2) is 0 Å². The van der Waals surface area contributed by atoms with E-state index in [9.17, 15) is 8.42 Å². The molecule has 0 aromatic heterocycles. The predicted molar refractivity (Wildman–Crippen MR) is 66.9 cm³/mol. The Balaban J connectivity index is 2.53. The maximum Gasteiger partial charge on any atom is 0.213 e. The molecule has 1 rings (SSSR count). The van der Waals surface area contributed by atoms with Crippen molar-refractivity contribution in [3.63, 3.8) is 0 Å². The van der Waals surface area contributed by atoms with E-state index in [0.717, 1.165) is 11.3 Å². The summed E-state index contributed by atoms with van der Waals surface area (Å²) in [4.78, 5) is 0. The van der Waals surface area contributed by atoms with Crippen LogP contribution in [0.15, 0.2) is 18.2 Å². The van der Waals surface area contributed by atoms with Gasteiger partial charge in [-0.25, -0.2) is 13.1 Å². The number of rotatable bonds is 5. The van der Waals surface area contributed by atoms with Gasteiger partial charge in [0, 0.05) is 17.9 Å². The summed E-state index contributed by atoms with van der Waals surface area (Å²) in [5.41, 5.74) is 8.27. The molecule has 4 N–H and O–H groups in total. The predicted octanol–water partition coefficient (Wildman–Crippen LogP) is 0.538. The van der Waals surface area contributed by atoms with Gasteiger partial charge in [0.05, 0.1) is 5.75 Å². The molecular weight excluding hydrogens is 226 g/mol.